The first-order valence-corrected chi connectivity index (χ1v) is 5.60. The standard InChI is InChI=1S/C13H14N2O/c1-15-8-7-9-3-2-4-11(12(9)15)14-13(16)10-5-6-10/h2-4,7-8,10H,5-6H2,1H3,(H,14,16). The van der Waals surface area contributed by atoms with Gasteiger partial charge in [0.05, 0.1) is 11.2 Å². The molecule has 0 radical (unpaired) electrons. The predicted octanol–water partition coefficient (Wildman–Crippen LogP) is 2.53. The van der Waals surface area contributed by atoms with Gasteiger partial charge >= 0.3 is 0 Å². The number of hydrogen-bond donors (Lipinski definition) is 1. The summed E-state index contributed by atoms with van der Waals surface area (Å²) in [6, 6.07) is 8.05. The number of nitrogens with one attached hydrogen (secondary N) is 1. The Morgan fingerprint density at radius 2 is 2.19 bits per heavy atom. The zero-order valence-electron chi connectivity index (χ0n) is 9.23. The third-order valence-corrected chi connectivity index (χ3v) is 3.10. The zero-order chi connectivity index (χ0) is 11.1. The Kier molecular flexibility index (Phi) is 1.99. The monoisotopic (exact) mass is 214 g/mol. The molecule has 82 valence electrons. The van der Waals surface area contributed by atoms with Gasteiger partial charge in [-0.3, -0.25) is 4.79 Å². The Labute approximate surface area is 94.1 Å². The molecule has 1 heterocycles. The maximum Gasteiger partial charge on any atom is 0.227 e. The van der Waals surface area contributed by atoms with Crippen molar-refractivity contribution in [1.82, 2.24) is 4.57 Å². The summed E-state index contributed by atoms with van der Waals surface area (Å²) in [5.74, 6) is 0.407. The molecular formula is C13H14N2O. The predicted molar refractivity (Wildman–Crippen MR) is 64.3 cm³/mol. The molecule has 0 unspecified atom stereocenters. The molecule has 1 N–H and O–H groups in total. The van der Waals surface area contributed by atoms with E-state index >= 15 is 0 Å². The topological polar surface area (TPSA) is 34.0 Å². The minimum absolute atomic E-state index is 0.161. The quantitative estimate of drug-likeness (QED) is 0.819. The van der Waals surface area contributed by atoms with Gasteiger partial charge in [-0.1, -0.05) is 12.1 Å². The Morgan fingerprint density at radius 3 is 2.94 bits per heavy atom. The van der Waals surface area contributed by atoms with Crippen LogP contribution in [0.4, 0.5) is 5.69 Å². The van der Waals surface area contributed by atoms with E-state index in [0.717, 1.165) is 29.4 Å². The van der Waals surface area contributed by atoms with Crippen LogP contribution in [0.5, 0.6) is 0 Å². The molecule has 1 aliphatic rings. The summed E-state index contributed by atoms with van der Waals surface area (Å²) >= 11 is 0. The first-order valence-electron chi connectivity index (χ1n) is 5.60. The summed E-state index contributed by atoms with van der Waals surface area (Å²) < 4.78 is 2.04. The molecule has 3 nitrogen and oxygen atoms in total. The van der Waals surface area contributed by atoms with Crippen molar-refractivity contribution in [3.63, 3.8) is 0 Å². The molecule has 1 aromatic heterocycles. The van der Waals surface area contributed by atoms with Gasteiger partial charge in [0.15, 0.2) is 0 Å². The SMILES string of the molecule is Cn1ccc2cccc(NC(=O)C3CC3)c21. The number of amides is 1. The summed E-state index contributed by atoms with van der Waals surface area (Å²) in [5.41, 5.74) is 2.01. The summed E-state index contributed by atoms with van der Waals surface area (Å²) in [6.45, 7) is 0. The second-order valence-corrected chi connectivity index (χ2v) is 4.43. The number of anilines is 1. The minimum Gasteiger partial charge on any atom is -0.349 e. The number of nitrogens with zero attached hydrogens (tertiary/aromatic N) is 1. The van der Waals surface area contributed by atoms with Crippen molar-refractivity contribution < 1.29 is 4.79 Å². The second-order valence-electron chi connectivity index (χ2n) is 4.43. The molecule has 3 rings (SSSR count). The van der Waals surface area contributed by atoms with E-state index in [-0.39, 0.29) is 11.8 Å². The van der Waals surface area contributed by atoms with Crippen LogP contribution < -0.4 is 5.32 Å². The third kappa shape index (κ3) is 1.48. The van der Waals surface area contributed by atoms with E-state index in [1.165, 1.54) is 0 Å². The summed E-state index contributed by atoms with van der Waals surface area (Å²) in [5, 5.41) is 4.18. The fourth-order valence-corrected chi connectivity index (χ4v) is 2.04. The lowest BCUT2D eigenvalue weighted by Crippen LogP contribution is -2.13. The van der Waals surface area contributed by atoms with E-state index in [1.807, 2.05) is 29.9 Å². The third-order valence-electron chi connectivity index (χ3n) is 3.10. The summed E-state index contributed by atoms with van der Waals surface area (Å²) in [4.78, 5) is 11.7. The molecule has 1 saturated carbocycles. The molecule has 1 aliphatic carbocycles. The number of carbonyl (C=O) groups excluding carboxylic acids is 1. The van der Waals surface area contributed by atoms with Gasteiger partial charge in [0.25, 0.3) is 0 Å². The molecule has 16 heavy (non-hydrogen) atoms. The van der Waals surface area contributed by atoms with Gasteiger partial charge in [-0.05, 0) is 25.0 Å². The summed E-state index contributed by atoms with van der Waals surface area (Å²) in [7, 11) is 2.00. The lowest BCUT2D eigenvalue weighted by molar-refractivity contribution is -0.117. The van der Waals surface area contributed by atoms with E-state index < -0.39 is 0 Å². The number of rotatable bonds is 2. The van der Waals surface area contributed by atoms with E-state index in [4.69, 9.17) is 0 Å². The van der Waals surface area contributed by atoms with E-state index in [1.54, 1.807) is 0 Å². The molecule has 2 aromatic rings. The number of carbonyl (C=O) groups is 1. The van der Waals surface area contributed by atoms with Gasteiger partial charge in [-0.2, -0.15) is 0 Å². The highest BCUT2D eigenvalue weighted by molar-refractivity contribution is 6.02. The molecule has 0 bridgehead atoms. The zero-order valence-corrected chi connectivity index (χ0v) is 9.23. The molecule has 3 heteroatoms. The number of para-hydroxylation sites is 1. The largest absolute Gasteiger partial charge is 0.349 e. The number of aromatic nitrogens is 1. The Bertz CT molecular complexity index is 552. The first-order chi connectivity index (χ1) is 7.75. The normalized spacial score (nSPS) is 15.3. The Morgan fingerprint density at radius 1 is 1.38 bits per heavy atom. The summed E-state index contributed by atoms with van der Waals surface area (Å²) in [6.07, 6.45) is 4.08. The molecule has 0 spiro atoms. The van der Waals surface area contributed by atoms with E-state index in [9.17, 15) is 4.79 Å². The highest BCUT2D eigenvalue weighted by atomic mass is 16.2. The van der Waals surface area contributed by atoms with Crippen LogP contribution in [0.1, 0.15) is 12.8 Å². The van der Waals surface area contributed by atoms with Crippen molar-refractivity contribution in [2.24, 2.45) is 13.0 Å². The van der Waals surface area contributed by atoms with Crippen molar-refractivity contribution in [2.45, 2.75) is 12.8 Å². The van der Waals surface area contributed by atoms with Crippen LogP contribution in [0.3, 0.4) is 0 Å². The number of aryl methyl sites for hydroxylation is 1. The van der Waals surface area contributed by atoms with Crippen LogP contribution in [0.25, 0.3) is 10.9 Å². The van der Waals surface area contributed by atoms with Crippen molar-refractivity contribution >= 4 is 22.5 Å². The molecule has 1 amide bonds. The molecule has 1 fully saturated rings. The average molecular weight is 214 g/mol. The Balaban J connectivity index is 2.01. The van der Waals surface area contributed by atoms with Crippen LogP contribution in [-0.2, 0) is 11.8 Å². The van der Waals surface area contributed by atoms with Crippen LogP contribution in [0, 0.1) is 5.92 Å². The van der Waals surface area contributed by atoms with Crippen molar-refractivity contribution in [2.75, 3.05) is 5.32 Å². The highest BCUT2D eigenvalue weighted by Gasteiger charge is 2.29. The smallest absolute Gasteiger partial charge is 0.227 e. The van der Waals surface area contributed by atoms with Gasteiger partial charge in [0, 0.05) is 24.5 Å². The lowest BCUT2D eigenvalue weighted by Gasteiger charge is -2.07. The second kappa shape index (κ2) is 3.37. The first kappa shape index (κ1) is 9.46. The van der Waals surface area contributed by atoms with Crippen molar-refractivity contribution in [3.8, 4) is 0 Å². The van der Waals surface area contributed by atoms with Gasteiger partial charge < -0.3 is 9.88 Å². The van der Waals surface area contributed by atoms with Crippen LogP contribution in [-0.4, -0.2) is 10.5 Å². The minimum atomic E-state index is 0.161. The molecule has 0 atom stereocenters. The maximum atomic E-state index is 11.7. The van der Waals surface area contributed by atoms with Gasteiger partial charge in [-0.15, -0.1) is 0 Å². The van der Waals surface area contributed by atoms with Crippen molar-refractivity contribution in [3.05, 3.63) is 30.5 Å². The van der Waals surface area contributed by atoms with Gasteiger partial charge in [-0.25, -0.2) is 0 Å². The highest BCUT2D eigenvalue weighted by Crippen LogP contribution is 2.31. The molecular weight excluding hydrogens is 200 g/mol. The van der Waals surface area contributed by atoms with Gasteiger partial charge in [0.2, 0.25) is 5.91 Å². The lowest BCUT2D eigenvalue weighted by atomic mass is 10.2. The average Bonchev–Trinajstić information content (AvgIpc) is 3.05. The van der Waals surface area contributed by atoms with Crippen molar-refractivity contribution in [1.29, 1.82) is 0 Å². The van der Waals surface area contributed by atoms with Gasteiger partial charge in [0.1, 0.15) is 0 Å². The number of benzene rings is 1. The molecule has 0 aliphatic heterocycles. The fraction of sp³-hybridized carbons (Fsp3) is 0.308. The number of hydrogen-bond acceptors (Lipinski definition) is 1. The number of fused-ring (bicyclic) bond motifs is 1. The van der Waals surface area contributed by atoms with E-state index in [2.05, 4.69) is 17.4 Å². The van der Waals surface area contributed by atoms with Crippen LogP contribution in [0.15, 0.2) is 30.5 Å². The Hall–Kier alpha value is -1.77. The fourth-order valence-electron chi connectivity index (χ4n) is 2.04. The molecule has 0 saturated heterocycles. The van der Waals surface area contributed by atoms with E-state index in [0.29, 0.717) is 0 Å². The van der Waals surface area contributed by atoms with Crippen LogP contribution >= 0.6 is 0 Å². The maximum absolute atomic E-state index is 11.7. The molecule has 1 aromatic carbocycles. The van der Waals surface area contributed by atoms with Crippen LogP contribution in [0.2, 0.25) is 0 Å².